The molecule has 154 valence electrons. The first kappa shape index (κ1) is 20.7. The molecule has 0 aliphatic heterocycles. The average molecular weight is 396 g/mol. The molecule has 6 heteroatoms. The largest absolute Gasteiger partial charge is 0.490 e. The summed E-state index contributed by atoms with van der Waals surface area (Å²) in [6, 6.07) is 12.4. The van der Waals surface area contributed by atoms with Crippen molar-refractivity contribution < 1.29 is 19.1 Å². The van der Waals surface area contributed by atoms with Crippen molar-refractivity contribution in [3.8, 4) is 11.5 Å². The summed E-state index contributed by atoms with van der Waals surface area (Å²) in [4.78, 5) is 24.9. The summed E-state index contributed by atoms with van der Waals surface area (Å²) in [7, 11) is 0. The average Bonchev–Trinajstić information content (AvgIpc) is 3.55. The molecule has 1 saturated carbocycles. The highest BCUT2D eigenvalue weighted by Crippen LogP contribution is 2.29. The van der Waals surface area contributed by atoms with Crippen LogP contribution in [0.1, 0.15) is 60.2 Å². The second-order valence-electron chi connectivity index (χ2n) is 7.14. The van der Waals surface area contributed by atoms with E-state index in [2.05, 4.69) is 10.6 Å². The van der Waals surface area contributed by atoms with Crippen LogP contribution in [0.4, 0.5) is 5.69 Å². The number of anilines is 1. The lowest BCUT2D eigenvalue weighted by atomic mass is 10.1. The minimum atomic E-state index is -0.270. The van der Waals surface area contributed by atoms with E-state index in [1.165, 1.54) is 0 Å². The zero-order valence-corrected chi connectivity index (χ0v) is 17.0. The van der Waals surface area contributed by atoms with Crippen LogP contribution < -0.4 is 20.1 Å². The Labute approximate surface area is 171 Å². The first-order valence-corrected chi connectivity index (χ1v) is 10.2. The fraction of sp³-hybridized carbons (Fsp3) is 0.391. The minimum absolute atomic E-state index is 0.115. The highest BCUT2D eigenvalue weighted by Gasteiger charge is 2.23. The highest BCUT2D eigenvalue weighted by molar-refractivity contribution is 6.05. The molecule has 1 aliphatic rings. The van der Waals surface area contributed by atoms with E-state index < -0.39 is 0 Å². The van der Waals surface area contributed by atoms with E-state index in [0.29, 0.717) is 41.5 Å². The van der Waals surface area contributed by atoms with Crippen molar-refractivity contribution in [1.82, 2.24) is 5.32 Å². The van der Waals surface area contributed by atoms with E-state index in [9.17, 15) is 9.59 Å². The molecule has 29 heavy (non-hydrogen) atoms. The van der Waals surface area contributed by atoms with E-state index in [1.54, 1.807) is 42.5 Å². The number of nitrogens with one attached hydrogen (secondary N) is 2. The molecule has 2 aromatic carbocycles. The Morgan fingerprint density at radius 2 is 1.59 bits per heavy atom. The Kier molecular flexibility index (Phi) is 7.11. The quantitative estimate of drug-likeness (QED) is 0.624. The summed E-state index contributed by atoms with van der Waals surface area (Å²) < 4.78 is 11.5. The number of carbonyl (C=O) groups is 2. The van der Waals surface area contributed by atoms with E-state index >= 15 is 0 Å². The monoisotopic (exact) mass is 396 g/mol. The second kappa shape index (κ2) is 9.96. The zero-order chi connectivity index (χ0) is 20.6. The maximum Gasteiger partial charge on any atom is 0.255 e. The Morgan fingerprint density at radius 3 is 2.28 bits per heavy atom. The molecule has 0 heterocycles. The summed E-state index contributed by atoms with van der Waals surface area (Å²) in [5, 5.41) is 5.80. The first-order valence-electron chi connectivity index (χ1n) is 10.2. The van der Waals surface area contributed by atoms with Gasteiger partial charge in [-0.05, 0) is 62.1 Å². The number of carbonyl (C=O) groups excluding carboxylic acids is 2. The van der Waals surface area contributed by atoms with Gasteiger partial charge in [0.15, 0.2) is 11.5 Å². The van der Waals surface area contributed by atoms with Crippen LogP contribution in [-0.4, -0.2) is 31.1 Å². The van der Waals surface area contributed by atoms with Gasteiger partial charge in [0.2, 0.25) is 0 Å². The Hall–Kier alpha value is -3.02. The topological polar surface area (TPSA) is 76.7 Å². The van der Waals surface area contributed by atoms with Gasteiger partial charge in [-0.3, -0.25) is 9.59 Å². The van der Waals surface area contributed by atoms with Crippen LogP contribution >= 0.6 is 0 Å². The van der Waals surface area contributed by atoms with Crippen LogP contribution in [0.3, 0.4) is 0 Å². The summed E-state index contributed by atoms with van der Waals surface area (Å²) in [6.07, 6.45) is 3.81. The van der Waals surface area contributed by atoms with E-state index in [4.69, 9.17) is 9.47 Å². The summed E-state index contributed by atoms with van der Waals surface area (Å²) in [5.74, 6) is 0.811. The predicted molar refractivity (Wildman–Crippen MR) is 113 cm³/mol. The van der Waals surface area contributed by atoms with Gasteiger partial charge in [-0.25, -0.2) is 0 Å². The molecule has 0 spiro atoms. The number of hydrogen-bond donors (Lipinski definition) is 2. The summed E-state index contributed by atoms with van der Waals surface area (Å²) in [5.41, 5.74) is 1.57. The number of rotatable bonds is 10. The molecule has 2 N–H and O–H groups in total. The van der Waals surface area contributed by atoms with Gasteiger partial charge in [0.1, 0.15) is 0 Å². The lowest BCUT2D eigenvalue weighted by molar-refractivity contribution is 0.0949. The van der Waals surface area contributed by atoms with Gasteiger partial charge in [0.05, 0.1) is 13.2 Å². The van der Waals surface area contributed by atoms with Crippen molar-refractivity contribution in [3.63, 3.8) is 0 Å². The van der Waals surface area contributed by atoms with Gasteiger partial charge in [0.25, 0.3) is 11.8 Å². The standard InChI is InChI=1S/C23H28N2O4/c1-3-12-28-20-11-8-17(15-21(20)29-13-4-2)23(27)25-19-7-5-6-16(14-19)22(26)24-18-9-10-18/h5-8,11,14-15,18H,3-4,9-10,12-13H2,1-2H3,(H,24,26)(H,25,27). The third-order valence-electron chi connectivity index (χ3n) is 4.42. The lowest BCUT2D eigenvalue weighted by Crippen LogP contribution is -2.25. The van der Waals surface area contributed by atoms with Crippen LogP contribution in [-0.2, 0) is 0 Å². The molecule has 0 atom stereocenters. The van der Waals surface area contributed by atoms with Gasteiger partial charge in [0, 0.05) is 22.9 Å². The molecule has 0 unspecified atom stereocenters. The molecule has 0 radical (unpaired) electrons. The number of ether oxygens (including phenoxy) is 2. The third kappa shape index (κ3) is 5.98. The maximum atomic E-state index is 12.7. The fourth-order valence-electron chi connectivity index (χ4n) is 2.74. The molecule has 2 amide bonds. The van der Waals surface area contributed by atoms with Crippen LogP contribution in [0.2, 0.25) is 0 Å². The van der Waals surface area contributed by atoms with Crippen molar-refractivity contribution in [2.75, 3.05) is 18.5 Å². The minimum Gasteiger partial charge on any atom is -0.490 e. The third-order valence-corrected chi connectivity index (χ3v) is 4.42. The number of benzene rings is 2. The molecule has 2 aromatic rings. The zero-order valence-electron chi connectivity index (χ0n) is 17.0. The van der Waals surface area contributed by atoms with Crippen LogP contribution in [0.5, 0.6) is 11.5 Å². The van der Waals surface area contributed by atoms with Crippen molar-refractivity contribution >= 4 is 17.5 Å². The van der Waals surface area contributed by atoms with Crippen molar-refractivity contribution in [2.24, 2.45) is 0 Å². The SMILES string of the molecule is CCCOc1ccc(C(=O)Nc2cccc(C(=O)NC3CC3)c2)cc1OCCC. The molecule has 0 aromatic heterocycles. The summed E-state index contributed by atoms with van der Waals surface area (Å²) in [6.45, 7) is 5.19. The van der Waals surface area contributed by atoms with Gasteiger partial charge in [-0.15, -0.1) is 0 Å². The molecule has 6 nitrogen and oxygen atoms in total. The molecule has 0 saturated heterocycles. The Bertz CT molecular complexity index is 862. The van der Waals surface area contributed by atoms with Crippen molar-refractivity contribution in [3.05, 3.63) is 53.6 Å². The Balaban J connectivity index is 1.71. The first-order chi connectivity index (χ1) is 14.1. The number of amides is 2. The fourth-order valence-corrected chi connectivity index (χ4v) is 2.74. The smallest absolute Gasteiger partial charge is 0.255 e. The van der Waals surface area contributed by atoms with E-state index in [-0.39, 0.29) is 17.9 Å². The second-order valence-corrected chi connectivity index (χ2v) is 7.14. The van der Waals surface area contributed by atoms with Gasteiger partial charge < -0.3 is 20.1 Å². The molecular weight excluding hydrogens is 368 g/mol. The highest BCUT2D eigenvalue weighted by atomic mass is 16.5. The molecule has 3 rings (SSSR count). The Morgan fingerprint density at radius 1 is 0.897 bits per heavy atom. The normalized spacial score (nSPS) is 12.9. The van der Waals surface area contributed by atoms with Crippen LogP contribution in [0.15, 0.2) is 42.5 Å². The maximum absolute atomic E-state index is 12.7. The van der Waals surface area contributed by atoms with E-state index in [1.807, 2.05) is 13.8 Å². The molecule has 1 aliphatic carbocycles. The predicted octanol–water partition coefficient (Wildman–Crippen LogP) is 4.41. The van der Waals surface area contributed by atoms with Gasteiger partial charge in [-0.1, -0.05) is 19.9 Å². The summed E-state index contributed by atoms with van der Waals surface area (Å²) >= 11 is 0. The van der Waals surface area contributed by atoms with Gasteiger partial charge in [-0.2, -0.15) is 0 Å². The van der Waals surface area contributed by atoms with E-state index in [0.717, 1.165) is 25.7 Å². The molecule has 1 fully saturated rings. The van der Waals surface area contributed by atoms with Crippen LogP contribution in [0.25, 0.3) is 0 Å². The molecular formula is C23H28N2O4. The number of hydrogen-bond acceptors (Lipinski definition) is 4. The van der Waals surface area contributed by atoms with Gasteiger partial charge >= 0.3 is 0 Å². The lowest BCUT2D eigenvalue weighted by Gasteiger charge is -2.14. The molecule has 0 bridgehead atoms. The van der Waals surface area contributed by atoms with Crippen molar-refractivity contribution in [2.45, 2.75) is 45.6 Å². The van der Waals surface area contributed by atoms with Crippen molar-refractivity contribution in [1.29, 1.82) is 0 Å². The van der Waals surface area contributed by atoms with Crippen LogP contribution in [0, 0.1) is 0 Å².